The summed E-state index contributed by atoms with van der Waals surface area (Å²) in [5.41, 5.74) is 2.57. The number of nitrogens with one attached hydrogen (secondary N) is 3. The molecule has 2 aromatic carbocycles. The van der Waals surface area contributed by atoms with Gasteiger partial charge in [-0.2, -0.15) is 8.78 Å². The Kier molecular flexibility index (Phi) is 8.31. The molecule has 1 heterocycles. The van der Waals surface area contributed by atoms with Gasteiger partial charge in [-0.15, -0.1) is 24.0 Å². The molecule has 0 unspecified atom stereocenters. The number of rotatable bonds is 6. The van der Waals surface area contributed by atoms with Crippen LogP contribution in [0.4, 0.5) is 8.78 Å². The third-order valence-corrected chi connectivity index (χ3v) is 4.18. The normalized spacial score (nSPS) is 11.4. The first-order valence-electron chi connectivity index (χ1n) is 8.29. The Bertz CT molecular complexity index is 916. The van der Waals surface area contributed by atoms with Crippen LogP contribution < -0.4 is 15.4 Å². The molecule has 3 rings (SSSR count). The summed E-state index contributed by atoms with van der Waals surface area (Å²) >= 11 is 5.96. The Morgan fingerprint density at radius 2 is 1.89 bits per heavy atom. The summed E-state index contributed by atoms with van der Waals surface area (Å²) in [5.74, 6) is 0.601. The number of aliphatic imine (C=N–C) groups is 1. The van der Waals surface area contributed by atoms with Gasteiger partial charge in [0.15, 0.2) is 5.96 Å². The van der Waals surface area contributed by atoms with Gasteiger partial charge < -0.3 is 20.4 Å². The molecule has 3 aromatic rings. The van der Waals surface area contributed by atoms with Crippen molar-refractivity contribution in [1.82, 2.24) is 15.6 Å². The highest BCUT2D eigenvalue weighted by Gasteiger charge is 2.11. The van der Waals surface area contributed by atoms with Gasteiger partial charge in [0, 0.05) is 35.4 Å². The zero-order chi connectivity index (χ0) is 19.2. The van der Waals surface area contributed by atoms with Gasteiger partial charge in [0.05, 0.1) is 6.54 Å². The molecule has 1 aromatic heterocycles. The third kappa shape index (κ3) is 5.96. The van der Waals surface area contributed by atoms with Crippen LogP contribution in [-0.2, 0) is 13.1 Å². The van der Waals surface area contributed by atoms with Crippen molar-refractivity contribution in [2.45, 2.75) is 19.7 Å². The fourth-order valence-electron chi connectivity index (χ4n) is 2.70. The fraction of sp³-hybridized carbons (Fsp3) is 0.211. The molecule has 0 fully saturated rings. The summed E-state index contributed by atoms with van der Waals surface area (Å²) in [6.45, 7) is -2.14. The molecular formula is C19H20ClF2IN4O. The SMILES string of the molecule is CN=C(NCc1cc2ccccc2[nH]1)NCc1cc(Cl)ccc1OC(F)F.I. The molecule has 3 N–H and O–H groups in total. The van der Waals surface area contributed by atoms with Gasteiger partial charge in [-0.1, -0.05) is 29.8 Å². The first kappa shape index (κ1) is 22.2. The number of ether oxygens (including phenoxy) is 1. The maximum absolute atomic E-state index is 12.5. The number of hydrogen-bond acceptors (Lipinski definition) is 2. The van der Waals surface area contributed by atoms with Crippen LogP contribution in [0.2, 0.25) is 5.02 Å². The van der Waals surface area contributed by atoms with Crippen LogP contribution in [-0.4, -0.2) is 24.6 Å². The van der Waals surface area contributed by atoms with E-state index in [4.69, 9.17) is 11.6 Å². The van der Waals surface area contributed by atoms with Gasteiger partial charge in [0.1, 0.15) is 5.75 Å². The number of halogens is 4. The zero-order valence-electron chi connectivity index (χ0n) is 15.0. The Labute approximate surface area is 183 Å². The van der Waals surface area contributed by atoms with Crippen molar-refractivity contribution in [3.63, 3.8) is 0 Å². The quantitative estimate of drug-likeness (QED) is 0.246. The fourth-order valence-corrected chi connectivity index (χ4v) is 2.90. The monoisotopic (exact) mass is 520 g/mol. The van der Waals surface area contributed by atoms with Crippen molar-refractivity contribution in [2.24, 2.45) is 4.99 Å². The molecule has 0 spiro atoms. The Morgan fingerprint density at radius 3 is 2.61 bits per heavy atom. The minimum Gasteiger partial charge on any atom is -0.434 e. The summed E-state index contributed by atoms with van der Waals surface area (Å²) in [6, 6.07) is 14.6. The number of nitrogens with zero attached hydrogens (tertiary/aromatic N) is 1. The molecular weight excluding hydrogens is 501 g/mol. The van der Waals surface area contributed by atoms with E-state index in [1.807, 2.05) is 24.3 Å². The molecule has 0 saturated heterocycles. The van der Waals surface area contributed by atoms with Crippen LogP contribution in [0.25, 0.3) is 10.9 Å². The molecule has 0 atom stereocenters. The lowest BCUT2D eigenvalue weighted by Crippen LogP contribution is -2.36. The van der Waals surface area contributed by atoms with Gasteiger partial charge >= 0.3 is 6.61 Å². The summed E-state index contributed by atoms with van der Waals surface area (Å²) in [5, 5.41) is 7.82. The van der Waals surface area contributed by atoms with Crippen molar-refractivity contribution in [2.75, 3.05) is 7.05 Å². The van der Waals surface area contributed by atoms with Crippen molar-refractivity contribution < 1.29 is 13.5 Å². The predicted molar refractivity (Wildman–Crippen MR) is 119 cm³/mol. The molecule has 28 heavy (non-hydrogen) atoms. The number of hydrogen-bond donors (Lipinski definition) is 3. The highest BCUT2D eigenvalue weighted by Crippen LogP contribution is 2.24. The average molecular weight is 521 g/mol. The van der Waals surface area contributed by atoms with Crippen molar-refractivity contribution in [3.8, 4) is 5.75 Å². The van der Waals surface area contributed by atoms with E-state index in [2.05, 4.69) is 31.4 Å². The molecule has 150 valence electrons. The standard InChI is InChI=1S/C19H19ClF2N4O.HI/c1-23-19(25-11-15-9-12-4-2-3-5-16(12)26-15)24-10-13-8-14(20)6-7-17(13)27-18(21)22;/h2-9,18,26H,10-11H2,1H3,(H2,23,24,25);1H. The van der Waals surface area contributed by atoms with Crippen molar-refractivity contribution in [3.05, 3.63) is 64.8 Å². The van der Waals surface area contributed by atoms with Crippen LogP contribution in [0.3, 0.4) is 0 Å². The van der Waals surface area contributed by atoms with E-state index in [1.54, 1.807) is 13.1 Å². The maximum Gasteiger partial charge on any atom is 0.387 e. The van der Waals surface area contributed by atoms with Crippen molar-refractivity contribution in [1.29, 1.82) is 0 Å². The number of guanidine groups is 1. The third-order valence-electron chi connectivity index (χ3n) is 3.94. The largest absolute Gasteiger partial charge is 0.434 e. The number of aromatic nitrogens is 1. The minimum absolute atomic E-state index is 0. The molecule has 5 nitrogen and oxygen atoms in total. The first-order valence-corrected chi connectivity index (χ1v) is 8.67. The van der Waals surface area contributed by atoms with E-state index in [0.717, 1.165) is 16.6 Å². The van der Waals surface area contributed by atoms with E-state index in [-0.39, 0.29) is 36.3 Å². The second-order valence-electron chi connectivity index (χ2n) is 5.79. The lowest BCUT2D eigenvalue weighted by molar-refractivity contribution is -0.0504. The molecule has 9 heteroatoms. The molecule has 0 aliphatic heterocycles. The second-order valence-corrected chi connectivity index (χ2v) is 6.23. The van der Waals surface area contributed by atoms with Gasteiger partial charge in [0.25, 0.3) is 0 Å². The van der Waals surface area contributed by atoms with Gasteiger partial charge in [-0.05, 0) is 35.7 Å². The Balaban J connectivity index is 0.00000280. The van der Waals surface area contributed by atoms with E-state index in [0.29, 0.717) is 23.1 Å². The number of H-pyrrole nitrogens is 1. The lowest BCUT2D eigenvalue weighted by atomic mass is 10.2. The van der Waals surface area contributed by atoms with Crippen LogP contribution in [0, 0.1) is 0 Å². The molecule has 0 bridgehead atoms. The number of benzene rings is 2. The summed E-state index contributed by atoms with van der Waals surface area (Å²) < 4.78 is 29.6. The first-order chi connectivity index (χ1) is 13.0. The van der Waals surface area contributed by atoms with Gasteiger partial charge in [-0.25, -0.2) is 0 Å². The van der Waals surface area contributed by atoms with Gasteiger partial charge in [0.2, 0.25) is 0 Å². The number of para-hydroxylation sites is 1. The van der Waals surface area contributed by atoms with Crippen LogP contribution in [0.1, 0.15) is 11.3 Å². The van der Waals surface area contributed by atoms with E-state index in [1.165, 1.54) is 12.1 Å². The molecule has 0 aliphatic rings. The topological polar surface area (TPSA) is 61.4 Å². The van der Waals surface area contributed by atoms with Crippen LogP contribution >= 0.6 is 35.6 Å². The maximum atomic E-state index is 12.5. The summed E-state index contributed by atoms with van der Waals surface area (Å²) in [7, 11) is 1.63. The lowest BCUT2D eigenvalue weighted by Gasteiger charge is -2.14. The number of aromatic amines is 1. The van der Waals surface area contributed by atoms with E-state index in [9.17, 15) is 8.78 Å². The highest BCUT2D eigenvalue weighted by molar-refractivity contribution is 14.0. The minimum atomic E-state index is -2.90. The second kappa shape index (κ2) is 10.5. The van der Waals surface area contributed by atoms with E-state index < -0.39 is 6.61 Å². The van der Waals surface area contributed by atoms with E-state index >= 15 is 0 Å². The molecule has 0 aliphatic carbocycles. The molecule has 0 saturated carbocycles. The predicted octanol–water partition coefficient (Wildman–Crippen LogP) is 4.91. The number of alkyl halides is 2. The van der Waals surface area contributed by atoms with Crippen molar-refractivity contribution >= 4 is 52.4 Å². The summed E-state index contributed by atoms with van der Waals surface area (Å²) in [6.07, 6.45) is 0. The summed E-state index contributed by atoms with van der Waals surface area (Å²) in [4.78, 5) is 7.46. The Hall–Kier alpha value is -2.07. The zero-order valence-corrected chi connectivity index (χ0v) is 18.1. The van der Waals surface area contributed by atoms with Crippen LogP contribution in [0.15, 0.2) is 53.5 Å². The number of fused-ring (bicyclic) bond motifs is 1. The smallest absolute Gasteiger partial charge is 0.387 e. The van der Waals surface area contributed by atoms with Crippen LogP contribution in [0.5, 0.6) is 5.75 Å². The molecule has 0 radical (unpaired) electrons. The van der Waals surface area contributed by atoms with Gasteiger partial charge in [-0.3, -0.25) is 4.99 Å². The average Bonchev–Trinajstić information content (AvgIpc) is 3.06. The Morgan fingerprint density at radius 1 is 1.14 bits per heavy atom. The molecule has 0 amide bonds. The highest BCUT2D eigenvalue weighted by atomic mass is 127.